The number of carbonyl (C=O) groups is 2. The molecule has 0 unspecified atom stereocenters. The summed E-state index contributed by atoms with van der Waals surface area (Å²) in [4.78, 5) is 48.2. The molecular formula is C27H29N5O4. The third-order valence-electron chi connectivity index (χ3n) is 6.90. The second-order valence-corrected chi connectivity index (χ2v) is 9.27. The molecule has 9 heteroatoms. The Balaban J connectivity index is 1.32. The van der Waals surface area contributed by atoms with Gasteiger partial charge >= 0.3 is 0 Å². The minimum Gasteiger partial charge on any atom is -0.495 e. The van der Waals surface area contributed by atoms with Gasteiger partial charge < -0.3 is 20.3 Å². The van der Waals surface area contributed by atoms with Crippen LogP contribution in [0.15, 0.2) is 59.4 Å². The van der Waals surface area contributed by atoms with E-state index in [1.807, 2.05) is 11.0 Å². The van der Waals surface area contributed by atoms with Gasteiger partial charge in [-0.2, -0.15) is 4.98 Å². The fraction of sp³-hybridized carbons (Fsp3) is 0.333. The van der Waals surface area contributed by atoms with Crippen LogP contribution in [0.1, 0.15) is 36.3 Å². The highest BCUT2D eigenvalue weighted by atomic mass is 16.5. The zero-order valence-electron chi connectivity index (χ0n) is 20.1. The molecule has 3 heterocycles. The summed E-state index contributed by atoms with van der Waals surface area (Å²) in [5.41, 5.74) is 1.56. The van der Waals surface area contributed by atoms with Crippen molar-refractivity contribution < 1.29 is 14.3 Å². The average molecular weight is 488 g/mol. The Hall–Kier alpha value is -4.14. The molecule has 1 aromatic heterocycles. The minimum atomic E-state index is -0.958. The molecule has 2 aromatic carbocycles. The molecule has 2 amide bonds. The first kappa shape index (κ1) is 23.6. The molecule has 9 nitrogen and oxygen atoms in total. The van der Waals surface area contributed by atoms with Gasteiger partial charge in [0.2, 0.25) is 17.8 Å². The fourth-order valence-corrected chi connectivity index (χ4v) is 5.00. The standard InChI is InChI=1S/C27H29N5O4/c1-36-21-10-6-5-9-20(21)28-25(34)19-16-22(33)29-24-23(19)26(35)31-27(30-24)32-13-11-18(12-14-32)15-17-7-3-2-4-8-17/h2-10,18-19H,11-16H2,1H3,(H,28,34)(H2,29,30,31,33,35)/t19-/m0/s1. The predicted octanol–water partition coefficient (Wildman–Crippen LogP) is 3.30. The number of fused-ring (bicyclic) bond motifs is 1. The molecule has 1 fully saturated rings. The smallest absolute Gasteiger partial charge is 0.258 e. The maximum Gasteiger partial charge on any atom is 0.258 e. The van der Waals surface area contributed by atoms with Crippen molar-refractivity contribution in [3.05, 3.63) is 76.1 Å². The summed E-state index contributed by atoms with van der Waals surface area (Å²) < 4.78 is 5.29. The van der Waals surface area contributed by atoms with Crippen LogP contribution in [0.25, 0.3) is 0 Å². The number of aromatic amines is 1. The van der Waals surface area contributed by atoms with Crippen molar-refractivity contribution in [1.29, 1.82) is 0 Å². The molecule has 2 aliphatic rings. The maximum absolute atomic E-state index is 13.2. The van der Waals surface area contributed by atoms with Crippen LogP contribution in [-0.4, -0.2) is 42.0 Å². The van der Waals surface area contributed by atoms with Gasteiger partial charge in [-0.15, -0.1) is 0 Å². The fourth-order valence-electron chi connectivity index (χ4n) is 5.00. The number of amides is 2. The molecule has 5 rings (SSSR count). The van der Waals surface area contributed by atoms with E-state index in [0.29, 0.717) is 23.3 Å². The lowest BCUT2D eigenvalue weighted by Gasteiger charge is -2.33. The number of hydrogen-bond donors (Lipinski definition) is 3. The summed E-state index contributed by atoms with van der Waals surface area (Å²) in [7, 11) is 1.51. The number of H-pyrrole nitrogens is 1. The van der Waals surface area contributed by atoms with E-state index in [0.717, 1.165) is 32.4 Å². The molecule has 0 aliphatic carbocycles. The number of para-hydroxylation sites is 2. The van der Waals surface area contributed by atoms with Gasteiger partial charge in [-0.05, 0) is 42.9 Å². The van der Waals surface area contributed by atoms with Crippen molar-refractivity contribution in [3.8, 4) is 5.75 Å². The molecule has 2 aliphatic heterocycles. The second-order valence-electron chi connectivity index (χ2n) is 9.27. The molecule has 186 valence electrons. The van der Waals surface area contributed by atoms with Gasteiger partial charge in [-0.3, -0.25) is 19.4 Å². The number of aromatic nitrogens is 2. The normalized spacial score (nSPS) is 17.8. The van der Waals surface area contributed by atoms with Crippen molar-refractivity contribution in [3.63, 3.8) is 0 Å². The number of benzene rings is 2. The summed E-state index contributed by atoms with van der Waals surface area (Å²) in [6.07, 6.45) is 2.85. The Morgan fingerprint density at radius 3 is 2.56 bits per heavy atom. The van der Waals surface area contributed by atoms with E-state index in [-0.39, 0.29) is 23.7 Å². The van der Waals surface area contributed by atoms with E-state index >= 15 is 0 Å². The first-order valence-corrected chi connectivity index (χ1v) is 12.2. The molecule has 1 saturated heterocycles. The molecule has 3 N–H and O–H groups in total. The van der Waals surface area contributed by atoms with Gasteiger partial charge in [0.25, 0.3) is 5.56 Å². The first-order chi connectivity index (χ1) is 17.5. The quantitative estimate of drug-likeness (QED) is 0.491. The zero-order valence-corrected chi connectivity index (χ0v) is 20.1. The lowest BCUT2D eigenvalue weighted by molar-refractivity contribution is -0.123. The summed E-state index contributed by atoms with van der Waals surface area (Å²) in [6.45, 7) is 1.51. The Kier molecular flexibility index (Phi) is 6.71. The first-order valence-electron chi connectivity index (χ1n) is 12.2. The molecular weight excluding hydrogens is 458 g/mol. The second kappa shape index (κ2) is 10.2. The van der Waals surface area contributed by atoms with Gasteiger partial charge in [0.1, 0.15) is 11.6 Å². The van der Waals surface area contributed by atoms with E-state index in [9.17, 15) is 14.4 Å². The lowest BCUT2D eigenvalue weighted by atomic mass is 9.90. The number of rotatable bonds is 6. The number of hydrogen-bond acceptors (Lipinski definition) is 6. The third-order valence-corrected chi connectivity index (χ3v) is 6.90. The highest BCUT2D eigenvalue weighted by Gasteiger charge is 2.35. The Morgan fingerprint density at radius 1 is 1.08 bits per heavy atom. The summed E-state index contributed by atoms with van der Waals surface area (Å²) >= 11 is 0. The Bertz CT molecular complexity index is 1320. The minimum absolute atomic E-state index is 0.136. The Morgan fingerprint density at radius 2 is 1.81 bits per heavy atom. The van der Waals surface area contributed by atoms with E-state index in [2.05, 4.69) is 44.9 Å². The molecule has 0 spiro atoms. The van der Waals surface area contributed by atoms with Crippen molar-refractivity contribution in [2.75, 3.05) is 35.7 Å². The van der Waals surface area contributed by atoms with Crippen molar-refractivity contribution in [2.24, 2.45) is 5.92 Å². The number of piperidine rings is 1. The number of nitrogens with zero attached hydrogens (tertiary/aromatic N) is 2. The maximum atomic E-state index is 13.2. The average Bonchev–Trinajstić information content (AvgIpc) is 2.89. The van der Waals surface area contributed by atoms with Crippen LogP contribution in [-0.2, 0) is 16.0 Å². The van der Waals surface area contributed by atoms with Crippen LogP contribution in [0.5, 0.6) is 5.75 Å². The molecule has 0 saturated carbocycles. The van der Waals surface area contributed by atoms with E-state index in [4.69, 9.17) is 4.74 Å². The van der Waals surface area contributed by atoms with Crippen molar-refractivity contribution in [1.82, 2.24) is 9.97 Å². The highest BCUT2D eigenvalue weighted by molar-refractivity contribution is 6.05. The lowest BCUT2D eigenvalue weighted by Crippen LogP contribution is -2.40. The third kappa shape index (κ3) is 4.95. The zero-order chi connectivity index (χ0) is 25.1. The van der Waals surface area contributed by atoms with Gasteiger partial charge in [-0.25, -0.2) is 0 Å². The number of ether oxygens (including phenoxy) is 1. The number of anilines is 3. The number of carbonyl (C=O) groups excluding carboxylic acids is 2. The highest BCUT2D eigenvalue weighted by Crippen LogP contribution is 2.32. The Labute approximate surface area is 208 Å². The summed E-state index contributed by atoms with van der Waals surface area (Å²) in [5, 5.41) is 5.48. The molecule has 1 atom stereocenters. The van der Waals surface area contributed by atoms with E-state index < -0.39 is 17.4 Å². The van der Waals surface area contributed by atoms with Crippen LogP contribution < -0.4 is 25.8 Å². The molecule has 0 radical (unpaired) electrons. The molecule has 36 heavy (non-hydrogen) atoms. The SMILES string of the molecule is COc1ccccc1NC(=O)[C@H]1CC(=O)Nc2nc(N3CCC(Cc4ccccc4)CC3)[nH]c(=O)c21. The summed E-state index contributed by atoms with van der Waals surface area (Å²) in [6, 6.07) is 17.4. The van der Waals surface area contributed by atoms with Crippen LogP contribution in [0, 0.1) is 5.92 Å². The van der Waals surface area contributed by atoms with Gasteiger partial charge in [0.15, 0.2) is 0 Å². The topological polar surface area (TPSA) is 116 Å². The number of nitrogens with one attached hydrogen (secondary N) is 3. The van der Waals surface area contributed by atoms with Crippen LogP contribution in [0.4, 0.5) is 17.5 Å². The predicted molar refractivity (Wildman–Crippen MR) is 138 cm³/mol. The largest absolute Gasteiger partial charge is 0.495 e. The van der Waals surface area contributed by atoms with Crippen molar-refractivity contribution in [2.45, 2.75) is 31.6 Å². The monoisotopic (exact) mass is 487 g/mol. The number of methoxy groups -OCH3 is 1. The molecule has 0 bridgehead atoms. The van der Waals surface area contributed by atoms with Crippen LogP contribution in [0.3, 0.4) is 0 Å². The van der Waals surface area contributed by atoms with Crippen LogP contribution >= 0.6 is 0 Å². The molecule has 3 aromatic rings. The van der Waals surface area contributed by atoms with Gasteiger partial charge in [-0.1, -0.05) is 42.5 Å². The van der Waals surface area contributed by atoms with Crippen LogP contribution in [0.2, 0.25) is 0 Å². The van der Waals surface area contributed by atoms with E-state index in [1.165, 1.54) is 12.7 Å². The summed E-state index contributed by atoms with van der Waals surface area (Å²) in [5.74, 6) is -0.147. The van der Waals surface area contributed by atoms with Gasteiger partial charge in [0.05, 0.1) is 24.3 Å². The van der Waals surface area contributed by atoms with Gasteiger partial charge in [0, 0.05) is 19.5 Å². The van der Waals surface area contributed by atoms with E-state index in [1.54, 1.807) is 24.3 Å². The van der Waals surface area contributed by atoms with Crippen molar-refractivity contribution >= 4 is 29.3 Å².